The number of carbonyl (C=O) groups excluding carboxylic acids is 1. The molecule has 120 valence electrons. The zero-order valence-corrected chi connectivity index (χ0v) is 14.2. The first-order valence-corrected chi connectivity index (χ1v) is 8.32. The molecule has 2 atom stereocenters. The van der Waals surface area contributed by atoms with Gasteiger partial charge in [-0.15, -0.1) is 0 Å². The van der Waals surface area contributed by atoms with Crippen molar-refractivity contribution in [2.75, 3.05) is 11.4 Å². The Kier molecular flexibility index (Phi) is 4.58. The number of carbonyl (C=O) groups is 1. The van der Waals surface area contributed by atoms with Gasteiger partial charge in [0.25, 0.3) is 0 Å². The molecule has 0 fully saturated rings. The van der Waals surface area contributed by atoms with Gasteiger partial charge in [0.1, 0.15) is 0 Å². The van der Waals surface area contributed by atoms with Gasteiger partial charge in [-0.05, 0) is 49.6 Å². The average Bonchev–Trinajstić information content (AvgIpc) is 2.83. The molecule has 0 radical (unpaired) electrons. The van der Waals surface area contributed by atoms with Crippen molar-refractivity contribution in [2.45, 2.75) is 32.4 Å². The van der Waals surface area contributed by atoms with Gasteiger partial charge in [-0.3, -0.25) is 4.79 Å². The Morgan fingerprint density at radius 3 is 2.87 bits per heavy atom. The Hall–Kier alpha value is -2.00. The second-order valence-electron chi connectivity index (χ2n) is 6.15. The van der Waals surface area contributed by atoms with E-state index in [1.807, 2.05) is 37.3 Å². The maximum absolute atomic E-state index is 12.4. The maximum atomic E-state index is 12.4. The van der Waals surface area contributed by atoms with E-state index in [9.17, 15) is 4.79 Å². The summed E-state index contributed by atoms with van der Waals surface area (Å²) in [5.74, 6) is 0.0287. The van der Waals surface area contributed by atoms with Crippen LogP contribution in [0.2, 0.25) is 5.02 Å². The molecule has 2 aromatic carbocycles. The van der Waals surface area contributed by atoms with Gasteiger partial charge in [0.15, 0.2) is 0 Å². The van der Waals surface area contributed by atoms with Gasteiger partial charge in [-0.1, -0.05) is 41.9 Å². The largest absolute Gasteiger partial charge is 0.359 e. The number of nitrogens with zero attached hydrogens (tertiary/aromatic N) is 1. The number of hydrogen-bond acceptors (Lipinski definition) is 2. The zero-order chi connectivity index (χ0) is 16.4. The first kappa shape index (κ1) is 15.9. The van der Waals surface area contributed by atoms with Gasteiger partial charge in [0.05, 0.1) is 12.6 Å². The second-order valence-corrected chi connectivity index (χ2v) is 6.59. The van der Waals surface area contributed by atoms with Crippen LogP contribution < -0.4 is 10.2 Å². The van der Waals surface area contributed by atoms with Gasteiger partial charge < -0.3 is 10.2 Å². The predicted molar refractivity (Wildman–Crippen MR) is 95.0 cm³/mol. The smallest absolute Gasteiger partial charge is 0.240 e. The molecule has 23 heavy (non-hydrogen) atoms. The van der Waals surface area contributed by atoms with Gasteiger partial charge in [-0.2, -0.15) is 0 Å². The van der Waals surface area contributed by atoms with Crippen LogP contribution in [0.1, 0.15) is 31.0 Å². The molecule has 0 saturated heterocycles. The predicted octanol–water partition coefficient (Wildman–Crippen LogP) is 3.97. The summed E-state index contributed by atoms with van der Waals surface area (Å²) in [7, 11) is 0. The first-order chi connectivity index (χ1) is 11.0. The number of anilines is 1. The zero-order valence-electron chi connectivity index (χ0n) is 13.4. The highest BCUT2D eigenvalue weighted by atomic mass is 35.5. The highest BCUT2D eigenvalue weighted by Gasteiger charge is 2.27. The quantitative estimate of drug-likeness (QED) is 0.921. The molecule has 1 aliphatic rings. The van der Waals surface area contributed by atoms with E-state index in [0.29, 0.717) is 17.6 Å². The van der Waals surface area contributed by atoms with Crippen molar-refractivity contribution < 1.29 is 4.79 Å². The van der Waals surface area contributed by atoms with E-state index >= 15 is 0 Å². The molecule has 0 aromatic heterocycles. The van der Waals surface area contributed by atoms with Crippen molar-refractivity contribution in [1.29, 1.82) is 0 Å². The lowest BCUT2D eigenvalue weighted by Gasteiger charge is -2.25. The van der Waals surface area contributed by atoms with Crippen LogP contribution in [0.15, 0.2) is 48.5 Å². The Morgan fingerprint density at radius 2 is 2.09 bits per heavy atom. The molecule has 1 aliphatic heterocycles. The standard InChI is InChI=1S/C19H21ClN2O/c1-13-10-16-6-3-4-9-18(16)22(13)12-19(23)21-14(2)15-7-5-8-17(20)11-15/h3-9,11,13-14H,10,12H2,1-2H3,(H,21,23)/t13-,14-/m0/s1. The van der Waals surface area contributed by atoms with Crippen LogP contribution in [0.4, 0.5) is 5.69 Å². The number of halogens is 1. The van der Waals surface area contributed by atoms with Gasteiger partial charge in [0.2, 0.25) is 5.91 Å². The number of amides is 1. The number of benzene rings is 2. The molecule has 1 heterocycles. The van der Waals surface area contributed by atoms with Crippen molar-refractivity contribution in [2.24, 2.45) is 0 Å². The minimum Gasteiger partial charge on any atom is -0.359 e. The van der Waals surface area contributed by atoms with Gasteiger partial charge >= 0.3 is 0 Å². The van der Waals surface area contributed by atoms with Crippen LogP contribution in [0.3, 0.4) is 0 Å². The summed E-state index contributed by atoms with van der Waals surface area (Å²) in [5, 5.41) is 3.75. The van der Waals surface area contributed by atoms with E-state index in [0.717, 1.165) is 12.0 Å². The van der Waals surface area contributed by atoms with Crippen molar-refractivity contribution in [3.05, 3.63) is 64.7 Å². The molecule has 3 nitrogen and oxygen atoms in total. The number of para-hydroxylation sites is 1. The minimum absolute atomic E-state index is 0.0287. The summed E-state index contributed by atoms with van der Waals surface area (Å²) in [5.41, 5.74) is 3.50. The molecule has 4 heteroatoms. The molecule has 0 saturated carbocycles. The van der Waals surface area contributed by atoms with E-state index in [1.165, 1.54) is 11.3 Å². The van der Waals surface area contributed by atoms with E-state index in [-0.39, 0.29) is 11.9 Å². The Balaban J connectivity index is 1.66. The molecule has 0 aliphatic carbocycles. The highest BCUT2D eigenvalue weighted by Crippen LogP contribution is 2.31. The Morgan fingerprint density at radius 1 is 1.30 bits per heavy atom. The third-order valence-corrected chi connectivity index (χ3v) is 4.62. The summed E-state index contributed by atoms with van der Waals surface area (Å²) < 4.78 is 0. The SMILES string of the molecule is C[C@H](NC(=O)CN1c2ccccc2C[C@@H]1C)c1cccc(Cl)c1. The van der Waals surface area contributed by atoms with E-state index in [2.05, 4.69) is 35.3 Å². The number of fused-ring (bicyclic) bond motifs is 1. The highest BCUT2D eigenvalue weighted by molar-refractivity contribution is 6.30. The van der Waals surface area contributed by atoms with Gasteiger partial charge in [0, 0.05) is 16.8 Å². The van der Waals surface area contributed by atoms with Crippen LogP contribution in [-0.2, 0) is 11.2 Å². The van der Waals surface area contributed by atoms with Crippen LogP contribution in [-0.4, -0.2) is 18.5 Å². The molecular formula is C19H21ClN2O. The molecule has 1 N–H and O–H groups in total. The lowest BCUT2D eigenvalue weighted by Crippen LogP contribution is -2.40. The van der Waals surface area contributed by atoms with Crippen molar-refractivity contribution >= 4 is 23.2 Å². The number of nitrogens with one attached hydrogen (secondary N) is 1. The first-order valence-electron chi connectivity index (χ1n) is 7.94. The van der Waals surface area contributed by atoms with Crippen LogP contribution >= 0.6 is 11.6 Å². The van der Waals surface area contributed by atoms with Crippen molar-refractivity contribution in [3.63, 3.8) is 0 Å². The number of rotatable bonds is 4. The number of hydrogen-bond donors (Lipinski definition) is 1. The average molecular weight is 329 g/mol. The lowest BCUT2D eigenvalue weighted by molar-refractivity contribution is -0.120. The minimum atomic E-state index is -0.0608. The molecule has 1 amide bonds. The van der Waals surface area contributed by atoms with E-state index < -0.39 is 0 Å². The molecular weight excluding hydrogens is 308 g/mol. The van der Waals surface area contributed by atoms with Crippen molar-refractivity contribution in [3.8, 4) is 0 Å². The summed E-state index contributed by atoms with van der Waals surface area (Å²) in [6.07, 6.45) is 0.993. The fourth-order valence-electron chi connectivity index (χ4n) is 3.17. The molecule has 2 aromatic rings. The normalized spacial score (nSPS) is 17.7. The van der Waals surface area contributed by atoms with Crippen molar-refractivity contribution in [1.82, 2.24) is 5.32 Å². The summed E-state index contributed by atoms with van der Waals surface area (Å²) in [4.78, 5) is 14.6. The fourth-order valence-corrected chi connectivity index (χ4v) is 3.37. The van der Waals surface area contributed by atoms with Gasteiger partial charge in [-0.25, -0.2) is 0 Å². The lowest BCUT2D eigenvalue weighted by atomic mass is 10.1. The molecule has 0 bridgehead atoms. The summed E-state index contributed by atoms with van der Waals surface area (Å²) in [6, 6.07) is 16.2. The van der Waals surface area contributed by atoms with Crippen LogP contribution in [0, 0.1) is 0 Å². The van der Waals surface area contributed by atoms with Crippen LogP contribution in [0.25, 0.3) is 0 Å². The Bertz CT molecular complexity index is 716. The summed E-state index contributed by atoms with van der Waals surface area (Å²) >= 11 is 6.02. The molecule has 0 unspecified atom stereocenters. The summed E-state index contributed by atoms with van der Waals surface area (Å²) in [6.45, 7) is 4.52. The maximum Gasteiger partial charge on any atom is 0.240 e. The van der Waals surface area contributed by atoms with E-state index in [4.69, 9.17) is 11.6 Å². The van der Waals surface area contributed by atoms with E-state index in [1.54, 1.807) is 0 Å². The topological polar surface area (TPSA) is 32.3 Å². The second kappa shape index (κ2) is 6.63. The monoisotopic (exact) mass is 328 g/mol. The van der Waals surface area contributed by atoms with Crippen LogP contribution in [0.5, 0.6) is 0 Å². The fraction of sp³-hybridized carbons (Fsp3) is 0.316. The molecule has 0 spiro atoms. The molecule has 3 rings (SSSR count). The third kappa shape index (κ3) is 3.50. The third-order valence-electron chi connectivity index (χ3n) is 4.39. The Labute approximate surface area is 142 Å².